The number of carboxylic acids is 3. The summed E-state index contributed by atoms with van der Waals surface area (Å²) in [4.78, 5) is 84.8. The summed E-state index contributed by atoms with van der Waals surface area (Å²) >= 11 is 4.75. The number of thiazole rings is 1. The van der Waals surface area contributed by atoms with E-state index in [0.717, 1.165) is 51.3 Å². The van der Waals surface area contributed by atoms with E-state index in [1.165, 1.54) is 17.1 Å². The largest absolute Gasteiger partial charge is 0.478 e. The molecule has 0 radical (unpaired) electrons. The number of H-pyrrole nitrogens is 1. The zero-order valence-corrected chi connectivity index (χ0v) is 26.9. The van der Waals surface area contributed by atoms with E-state index in [1.807, 2.05) is 0 Å². The first-order valence-electron chi connectivity index (χ1n) is 12.6. The van der Waals surface area contributed by atoms with E-state index >= 15 is 0 Å². The minimum absolute atomic E-state index is 0.0125. The van der Waals surface area contributed by atoms with E-state index in [2.05, 4.69) is 19.8 Å². The van der Waals surface area contributed by atoms with E-state index in [4.69, 9.17) is 10.6 Å². The number of oxime groups is 1. The molecule has 4 heterocycles. The molecule has 7 N–H and O–H groups in total. The lowest BCUT2D eigenvalue weighted by atomic mass is 10.0. The van der Waals surface area contributed by atoms with Gasteiger partial charge < -0.3 is 31.2 Å². The third-order valence-corrected chi connectivity index (χ3v) is 11.5. The van der Waals surface area contributed by atoms with Crippen molar-refractivity contribution in [2.45, 2.75) is 26.0 Å². The van der Waals surface area contributed by atoms with Crippen LogP contribution in [0.5, 0.6) is 0 Å². The molecule has 2 aliphatic rings. The number of hydrogen-bond donors (Lipinski definition) is 6. The molecule has 1 aromatic carbocycles. The van der Waals surface area contributed by atoms with Gasteiger partial charge in [0.1, 0.15) is 22.8 Å². The van der Waals surface area contributed by atoms with Crippen molar-refractivity contribution < 1.29 is 44.1 Å². The number of carboxylic acid groups (broad SMARTS) is 3. The molecular weight excluding hydrogens is 705 g/mol. The lowest BCUT2D eigenvalue weighted by molar-refractivity contribution is -0.150. The van der Waals surface area contributed by atoms with Gasteiger partial charge in [0.2, 0.25) is 0 Å². The predicted molar refractivity (Wildman–Crippen MR) is 170 cm³/mol. The maximum atomic E-state index is 13.4. The van der Waals surface area contributed by atoms with E-state index in [0.29, 0.717) is 10.5 Å². The quantitative estimate of drug-likeness (QED) is 0.0482. The van der Waals surface area contributed by atoms with E-state index in [1.54, 1.807) is 30.3 Å². The highest BCUT2D eigenvalue weighted by molar-refractivity contribution is 8.02. The van der Waals surface area contributed by atoms with Gasteiger partial charge in [-0.25, -0.2) is 19.4 Å². The van der Waals surface area contributed by atoms with Crippen molar-refractivity contribution in [3.05, 3.63) is 68.6 Å². The van der Waals surface area contributed by atoms with Crippen molar-refractivity contribution >= 4 is 98.7 Å². The molecule has 0 aliphatic carbocycles. The van der Waals surface area contributed by atoms with Crippen LogP contribution in [0.2, 0.25) is 0 Å². The molecule has 240 valence electrons. The molecule has 46 heavy (non-hydrogen) atoms. The average molecular weight is 725 g/mol. The van der Waals surface area contributed by atoms with E-state index in [-0.39, 0.29) is 32.2 Å². The summed E-state index contributed by atoms with van der Waals surface area (Å²) in [7, 11) is 0. The molecule has 0 bridgehead atoms. The van der Waals surface area contributed by atoms with Gasteiger partial charge >= 0.3 is 17.9 Å². The van der Waals surface area contributed by atoms with Gasteiger partial charge in [-0.1, -0.05) is 46.6 Å². The standard InChI is InChI=1S/C25H20N6O10S5/c26-25-27-11(8-44-25)13(29-41-23(22(39)40)45-10-4-2-1-3-5-10)17(33)28-14-18(34)31-15(21(37)38)9(6-42-19(14)31)7-43-24-12(20(35)36)16(32)30-46-24/h1-5,8,14,19,23H,6-7H2,(H2,26,27)(H,28,33)(H,30,32)(H,35,36)(H,37,38)(H,39,40)/b29-13+/t14-,19-,23?/m1/s1. The molecule has 1 fully saturated rings. The minimum Gasteiger partial charge on any atom is -0.478 e. The second-order valence-electron chi connectivity index (χ2n) is 9.13. The molecule has 0 saturated carbocycles. The Morgan fingerprint density at radius 1 is 1.17 bits per heavy atom. The summed E-state index contributed by atoms with van der Waals surface area (Å²) < 4.78 is 2.49. The molecular formula is C25H20N6O10S5. The van der Waals surface area contributed by atoms with Gasteiger partial charge in [0.25, 0.3) is 22.8 Å². The Kier molecular flexibility index (Phi) is 10.1. The molecule has 1 saturated heterocycles. The number of aromatic nitrogens is 2. The van der Waals surface area contributed by atoms with Crippen molar-refractivity contribution in [3.63, 3.8) is 0 Å². The molecule has 5 rings (SSSR count). The number of fused-ring (bicyclic) bond motifs is 1. The van der Waals surface area contributed by atoms with Gasteiger partial charge in [0.15, 0.2) is 16.4 Å². The second-order valence-corrected chi connectivity index (χ2v) is 14.3. The monoisotopic (exact) mass is 724 g/mol. The topological polar surface area (TPSA) is 255 Å². The van der Waals surface area contributed by atoms with Crippen LogP contribution >= 0.6 is 58.2 Å². The number of benzene rings is 1. The Balaban J connectivity index is 1.33. The van der Waals surface area contributed by atoms with Gasteiger partial charge in [-0.05, 0) is 17.7 Å². The third-order valence-electron chi connectivity index (χ3n) is 6.20. The van der Waals surface area contributed by atoms with Crippen molar-refractivity contribution in [2.75, 3.05) is 17.2 Å². The summed E-state index contributed by atoms with van der Waals surface area (Å²) in [5.74, 6) is -5.75. The molecule has 0 spiro atoms. The first-order chi connectivity index (χ1) is 22.0. The number of hydrogen-bond acceptors (Lipinski definition) is 15. The molecule has 2 aliphatic heterocycles. The molecule has 1 unspecified atom stereocenters. The number of aromatic amines is 1. The number of rotatable bonds is 13. The number of nitrogens with one attached hydrogen (secondary N) is 2. The van der Waals surface area contributed by atoms with Crippen molar-refractivity contribution in [1.29, 1.82) is 0 Å². The van der Waals surface area contributed by atoms with Crippen LogP contribution in [0.3, 0.4) is 0 Å². The summed E-state index contributed by atoms with van der Waals surface area (Å²) in [6.45, 7) is 0. The Labute approximate surface area is 278 Å². The zero-order valence-electron chi connectivity index (χ0n) is 22.8. The molecule has 2 aromatic heterocycles. The van der Waals surface area contributed by atoms with Crippen LogP contribution in [0.25, 0.3) is 0 Å². The summed E-state index contributed by atoms with van der Waals surface area (Å²) in [6.07, 6.45) is 0. The Morgan fingerprint density at radius 2 is 1.91 bits per heavy atom. The molecule has 21 heteroatoms. The number of β-lactam (4-membered cyclic amide) rings is 1. The van der Waals surface area contributed by atoms with Gasteiger partial charge in [0, 0.05) is 21.8 Å². The van der Waals surface area contributed by atoms with Crippen LogP contribution in [0, 0.1) is 0 Å². The van der Waals surface area contributed by atoms with Crippen molar-refractivity contribution in [3.8, 4) is 0 Å². The van der Waals surface area contributed by atoms with Gasteiger partial charge in [-0.3, -0.25) is 23.7 Å². The number of amides is 2. The Bertz CT molecular complexity index is 1840. The number of nitrogens with zero attached hydrogens (tertiary/aromatic N) is 3. The highest BCUT2D eigenvalue weighted by Crippen LogP contribution is 2.42. The fourth-order valence-electron chi connectivity index (χ4n) is 4.17. The molecule has 3 atom stereocenters. The Morgan fingerprint density at radius 3 is 2.54 bits per heavy atom. The van der Waals surface area contributed by atoms with Crippen molar-refractivity contribution in [2.24, 2.45) is 5.16 Å². The maximum Gasteiger partial charge on any atom is 0.358 e. The van der Waals surface area contributed by atoms with E-state index in [9.17, 15) is 44.1 Å². The molecule has 16 nitrogen and oxygen atoms in total. The third kappa shape index (κ3) is 6.92. The lowest BCUT2D eigenvalue weighted by Crippen LogP contribution is -2.71. The molecule has 2 amide bonds. The van der Waals surface area contributed by atoms with Gasteiger partial charge in [0.05, 0.1) is 4.21 Å². The Hall–Kier alpha value is -4.31. The fourth-order valence-corrected chi connectivity index (χ4v) is 8.92. The van der Waals surface area contributed by atoms with Gasteiger partial charge in [-0.2, -0.15) is 0 Å². The van der Waals surface area contributed by atoms with Crippen molar-refractivity contribution in [1.82, 2.24) is 19.6 Å². The first-order valence-corrected chi connectivity index (χ1v) is 17.2. The highest BCUT2D eigenvalue weighted by Gasteiger charge is 2.54. The number of carbonyl (C=O) groups is 5. The number of nitrogen functional groups attached to an aromatic ring is 1. The van der Waals surface area contributed by atoms with Crippen LogP contribution < -0.4 is 16.6 Å². The average Bonchev–Trinajstić information content (AvgIpc) is 3.62. The summed E-state index contributed by atoms with van der Waals surface area (Å²) in [5, 5.41) is 35.9. The van der Waals surface area contributed by atoms with E-state index < -0.39 is 63.4 Å². The highest BCUT2D eigenvalue weighted by atomic mass is 32.2. The zero-order chi connectivity index (χ0) is 33.1. The summed E-state index contributed by atoms with van der Waals surface area (Å²) in [5.41, 5.74) is 2.47. The van der Waals surface area contributed by atoms with Crippen LogP contribution in [0.15, 0.2) is 66.0 Å². The van der Waals surface area contributed by atoms with Gasteiger partial charge in [-0.15, -0.1) is 34.9 Å². The molecule has 3 aromatic rings. The summed E-state index contributed by atoms with van der Waals surface area (Å²) in [6, 6.07) is 7.32. The van der Waals surface area contributed by atoms with Crippen LogP contribution in [-0.2, 0) is 24.0 Å². The van der Waals surface area contributed by atoms with Crippen LogP contribution in [0.1, 0.15) is 16.1 Å². The maximum absolute atomic E-state index is 13.4. The normalized spacial score (nSPS) is 18.4. The predicted octanol–water partition coefficient (Wildman–Crippen LogP) is 1.63. The fraction of sp³-hybridized carbons (Fsp3) is 0.200. The number of aromatic carboxylic acids is 1. The number of carbonyl (C=O) groups excluding carboxylic acids is 2. The number of aliphatic carboxylic acids is 2. The van der Waals surface area contributed by atoms with Crippen LogP contribution in [0.4, 0.5) is 5.13 Å². The smallest absolute Gasteiger partial charge is 0.358 e. The lowest BCUT2D eigenvalue weighted by Gasteiger charge is -2.49. The second kappa shape index (κ2) is 14.0. The van der Waals surface area contributed by atoms with Crippen LogP contribution in [-0.4, -0.2) is 93.4 Å². The minimum atomic E-state index is -1.55. The number of nitrogens with two attached hydrogens (primary N) is 1. The number of anilines is 1. The SMILES string of the molecule is Nc1nc(/C(=N\OC(Sc2ccccc2)C(=O)O)C(=O)N[C@@H]2C(=O)N3C(C(=O)O)=C(CSc4s[nH]c(=O)c4C(=O)O)CS[C@H]23)cs1. The first kappa shape index (κ1) is 33.1. The number of thioether (sulfide) groups is 3.